The normalized spacial score (nSPS) is 15.8. The van der Waals surface area contributed by atoms with Gasteiger partial charge in [0.2, 0.25) is 23.6 Å². The van der Waals surface area contributed by atoms with Crippen LogP contribution in [0, 0.1) is 5.92 Å². The quantitative estimate of drug-likeness (QED) is 0.133. The Morgan fingerprint density at radius 3 is 1.97 bits per heavy atom. The SMILES string of the molecule is CCC(C)C(NC(=O)C(NC(=O)C(Cc1ccc(O)cc1)NC(=O)C(N)CCC(N)=O)C(C)O)C(=O)O. The average Bonchev–Trinajstić information content (AvgIpc) is 2.83. The van der Waals surface area contributed by atoms with Gasteiger partial charge in [0.1, 0.15) is 23.9 Å². The molecule has 0 bridgehead atoms. The monoisotopic (exact) mass is 523 g/mol. The van der Waals surface area contributed by atoms with E-state index in [0.717, 1.165) is 0 Å². The van der Waals surface area contributed by atoms with E-state index in [1.54, 1.807) is 13.8 Å². The van der Waals surface area contributed by atoms with E-state index in [4.69, 9.17) is 11.5 Å². The molecule has 0 aromatic heterocycles. The lowest BCUT2D eigenvalue weighted by atomic mass is 9.98. The Labute approximate surface area is 215 Å². The van der Waals surface area contributed by atoms with Crippen LogP contribution in [0.15, 0.2) is 24.3 Å². The minimum Gasteiger partial charge on any atom is -0.508 e. The van der Waals surface area contributed by atoms with Gasteiger partial charge in [0.15, 0.2) is 0 Å². The summed E-state index contributed by atoms with van der Waals surface area (Å²) in [5.41, 5.74) is 11.4. The second-order valence-corrected chi connectivity index (χ2v) is 8.98. The molecule has 0 radical (unpaired) electrons. The zero-order valence-electron chi connectivity index (χ0n) is 21.1. The van der Waals surface area contributed by atoms with Gasteiger partial charge in [0, 0.05) is 12.8 Å². The van der Waals surface area contributed by atoms with Crippen LogP contribution >= 0.6 is 0 Å². The third-order valence-electron chi connectivity index (χ3n) is 5.89. The van der Waals surface area contributed by atoms with E-state index in [-0.39, 0.29) is 25.0 Å². The summed E-state index contributed by atoms with van der Waals surface area (Å²) >= 11 is 0. The van der Waals surface area contributed by atoms with Crippen molar-refractivity contribution in [3.05, 3.63) is 29.8 Å². The number of rotatable bonds is 15. The van der Waals surface area contributed by atoms with Crippen molar-refractivity contribution < 1.29 is 39.3 Å². The highest BCUT2D eigenvalue weighted by Crippen LogP contribution is 2.13. The van der Waals surface area contributed by atoms with Crippen molar-refractivity contribution in [1.29, 1.82) is 0 Å². The van der Waals surface area contributed by atoms with Crippen molar-refractivity contribution in [2.45, 2.75) is 76.7 Å². The Kier molecular flexibility index (Phi) is 12.5. The number of carboxylic acids is 1. The maximum Gasteiger partial charge on any atom is 0.326 e. The van der Waals surface area contributed by atoms with Crippen LogP contribution in [0.1, 0.15) is 45.6 Å². The first-order valence-electron chi connectivity index (χ1n) is 11.9. The minimum atomic E-state index is -1.53. The molecule has 6 atom stereocenters. The van der Waals surface area contributed by atoms with E-state index >= 15 is 0 Å². The molecule has 13 heteroatoms. The number of hydrogen-bond acceptors (Lipinski definition) is 8. The van der Waals surface area contributed by atoms with Crippen LogP contribution in [0.3, 0.4) is 0 Å². The Balaban J connectivity index is 3.11. The van der Waals surface area contributed by atoms with Crippen molar-refractivity contribution >= 4 is 29.6 Å². The van der Waals surface area contributed by atoms with Crippen LogP contribution < -0.4 is 27.4 Å². The van der Waals surface area contributed by atoms with Crippen LogP contribution in [0.2, 0.25) is 0 Å². The first-order chi connectivity index (χ1) is 17.3. The average molecular weight is 524 g/mol. The lowest BCUT2D eigenvalue weighted by Crippen LogP contribution is -2.60. The van der Waals surface area contributed by atoms with Gasteiger partial charge in [-0.15, -0.1) is 0 Å². The number of aliphatic hydroxyl groups excluding tert-OH is 1. The lowest BCUT2D eigenvalue weighted by molar-refractivity contribution is -0.144. The number of carboxylic acid groups (broad SMARTS) is 1. The van der Waals surface area contributed by atoms with Crippen LogP contribution in [0.25, 0.3) is 0 Å². The molecule has 0 fully saturated rings. The molecule has 13 nitrogen and oxygen atoms in total. The summed E-state index contributed by atoms with van der Waals surface area (Å²) in [4.78, 5) is 61.2. The maximum absolute atomic E-state index is 13.2. The fourth-order valence-electron chi connectivity index (χ4n) is 3.37. The lowest BCUT2D eigenvalue weighted by Gasteiger charge is -2.28. The number of aromatic hydroxyl groups is 1. The molecule has 0 saturated heterocycles. The number of hydrogen-bond donors (Lipinski definition) is 8. The van der Waals surface area contributed by atoms with Gasteiger partial charge in [-0.1, -0.05) is 32.4 Å². The van der Waals surface area contributed by atoms with Crippen LogP contribution in [-0.2, 0) is 30.4 Å². The van der Waals surface area contributed by atoms with Gasteiger partial charge in [-0.2, -0.15) is 0 Å². The van der Waals surface area contributed by atoms with Gasteiger partial charge in [-0.3, -0.25) is 19.2 Å². The number of primary amides is 1. The van der Waals surface area contributed by atoms with E-state index in [1.807, 2.05) is 0 Å². The summed E-state index contributed by atoms with van der Waals surface area (Å²) in [5, 5.41) is 36.3. The molecule has 37 heavy (non-hydrogen) atoms. The van der Waals surface area contributed by atoms with Crippen molar-refractivity contribution in [2.24, 2.45) is 17.4 Å². The first-order valence-corrected chi connectivity index (χ1v) is 11.9. The molecule has 0 aliphatic carbocycles. The largest absolute Gasteiger partial charge is 0.508 e. The zero-order valence-corrected chi connectivity index (χ0v) is 21.1. The molecule has 0 spiro atoms. The highest BCUT2D eigenvalue weighted by Gasteiger charge is 2.34. The van der Waals surface area contributed by atoms with Crippen LogP contribution in [0.5, 0.6) is 5.75 Å². The molecule has 0 saturated carbocycles. The maximum atomic E-state index is 13.2. The van der Waals surface area contributed by atoms with Crippen molar-refractivity contribution in [2.75, 3.05) is 0 Å². The molecule has 6 unspecified atom stereocenters. The van der Waals surface area contributed by atoms with E-state index in [2.05, 4.69) is 16.0 Å². The second-order valence-electron chi connectivity index (χ2n) is 8.98. The van der Waals surface area contributed by atoms with E-state index in [1.165, 1.54) is 31.2 Å². The number of phenolic OH excluding ortho intramolecular Hbond substituents is 1. The number of nitrogens with one attached hydrogen (secondary N) is 3. The highest BCUT2D eigenvalue weighted by atomic mass is 16.4. The van der Waals surface area contributed by atoms with E-state index < -0.39 is 65.8 Å². The zero-order chi connectivity index (χ0) is 28.3. The van der Waals surface area contributed by atoms with E-state index in [0.29, 0.717) is 12.0 Å². The Hall–Kier alpha value is -3.71. The van der Waals surface area contributed by atoms with Gasteiger partial charge in [0.05, 0.1) is 12.1 Å². The topological polar surface area (TPSA) is 234 Å². The smallest absolute Gasteiger partial charge is 0.326 e. The van der Waals surface area contributed by atoms with Gasteiger partial charge < -0.3 is 42.7 Å². The molecular weight excluding hydrogens is 486 g/mol. The predicted octanol–water partition coefficient (Wildman–Crippen LogP) is -1.51. The molecule has 206 valence electrons. The predicted molar refractivity (Wildman–Crippen MR) is 133 cm³/mol. The second kappa shape index (κ2) is 14.8. The number of amides is 4. The van der Waals surface area contributed by atoms with Crippen molar-refractivity contribution in [3.8, 4) is 5.75 Å². The molecule has 1 aromatic carbocycles. The molecule has 0 heterocycles. The number of carbonyl (C=O) groups is 5. The Morgan fingerprint density at radius 2 is 1.49 bits per heavy atom. The highest BCUT2D eigenvalue weighted by molar-refractivity contribution is 5.94. The summed E-state index contributed by atoms with van der Waals surface area (Å²) in [6.07, 6.45) is -1.22. The number of carbonyl (C=O) groups excluding carboxylic acids is 4. The third kappa shape index (κ3) is 10.4. The fourth-order valence-corrected chi connectivity index (χ4v) is 3.37. The summed E-state index contributed by atoms with van der Waals surface area (Å²) in [5.74, 6) is -4.85. The Bertz CT molecular complexity index is 953. The van der Waals surface area contributed by atoms with Gasteiger partial charge in [-0.05, 0) is 37.0 Å². The number of aliphatic carboxylic acids is 1. The number of benzene rings is 1. The summed E-state index contributed by atoms with van der Waals surface area (Å²) < 4.78 is 0. The summed E-state index contributed by atoms with van der Waals surface area (Å²) in [7, 11) is 0. The van der Waals surface area contributed by atoms with E-state index in [9.17, 15) is 39.3 Å². The van der Waals surface area contributed by atoms with Crippen molar-refractivity contribution in [1.82, 2.24) is 16.0 Å². The Morgan fingerprint density at radius 1 is 0.919 bits per heavy atom. The molecular formula is C24H37N5O8. The minimum absolute atomic E-state index is 0.0117. The van der Waals surface area contributed by atoms with Crippen molar-refractivity contribution in [3.63, 3.8) is 0 Å². The number of aliphatic hydroxyl groups is 1. The van der Waals surface area contributed by atoms with Gasteiger partial charge >= 0.3 is 5.97 Å². The fraction of sp³-hybridized carbons (Fsp3) is 0.542. The van der Waals surface area contributed by atoms with Gasteiger partial charge in [-0.25, -0.2) is 4.79 Å². The number of phenols is 1. The molecule has 4 amide bonds. The molecule has 1 aromatic rings. The molecule has 0 aliphatic rings. The standard InChI is InChI=1S/C24H37N5O8/c1-4-12(2)19(24(36)37)28-23(35)20(13(3)30)29-22(34)17(11-14-5-7-15(31)8-6-14)27-21(33)16(25)9-10-18(26)32/h5-8,12-13,16-17,19-20,30-31H,4,9-11,25H2,1-3H3,(H2,26,32)(H,27,33)(H,28,35)(H,29,34)(H,36,37). The van der Waals surface area contributed by atoms with Gasteiger partial charge in [0.25, 0.3) is 0 Å². The third-order valence-corrected chi connectivity index (χ3v) is 5.89. The first kappa shape index (κ1) is 31.3. The summed E-state index contributed by atoms with van der Waals surface area (Å²) in [6.45, 7) is 4.64. The van der Waals surface area contributed by atoms with Crippen LogP contribution in [0.4, 0.5) is 0 Å². The molecule has 10 N–H and O–H groups in total. The van der Waals surface area contributed by atoms with Crippen LogP contribution in [-0.4, -0.2) is 75.2 Å². The molecule has 1 rings (SSSR count). The number of nitrogens with two attached hydrogens (primary N) is 2. The molecule has 0 aliphatic heterocycles. The summed E-state index contributed by atoms with van der Waals surface area (Å²) in [6, 6.07) is 0.637.